The Hall–Kier alpha value is -5.82. The van der Waals surface area contributed by atoms with Crippen LogP contribution in [0.25, 0.3) is 10.9 Å². The van der Waals surface area contributed by atoms with Crippen molar-refractivity contribution < 1.29 is 67.4 Å². The topological polar surface area (TPSA) is 372 Å². The average molecular weight is 960 g/mol. The van der Waals surface area contributed by atoms with Crippen molar-refractivity contribution in [2.75, 3.05) is 45.1 Å². The number of aliphatic hydroxyl groups excluding tert-OH is 3. The molecule has 1 fully saturated rings. The second-order valence-corrected chi connectivity index (χ2v) is 18.8. The lowest BCUT2D eigenvalue weighted by molar-refractivity contribution is -0.145. The first-order valence-electron chi connectivity index (χ1n) is 22.2. The summed E-state index contributed by atoms with van der Waals surface area (Å²) in [6.07, 6.45) is -5.48. The Kier molecular flexibility index (Phi) is 18.1. The molecule has 368 valence electrons. The van der Waals surface area contributed by atoms with Gasteiger partial charge < -0.3 is 68.0 Å². The predicted octanol–water partition coefficient (Wildman–Crippen LogP) is -4.11. The van der Waals surface area contributed by atoms with Gasteiger partial charge in [0, 0.05) is 62.1 Å². The number of ether oxygens (including phenoxy) is 1. The third kappa shape index (κ3) is 13.0. The lowest BCUT2D eigenvalue weighted by Crippen LogP contribution is -2.56. The van der Waals surface area contributed by atoms with Crippen molar-refractivity contribution in [3.8, 4) is 5.75 Å². The number of aromatic amines is 1. The zero-order valence-electron chi connectivity index (χ0n) is 37.5. The number of amides is 7. The lowest BCUT2D eigenvalue weighted by Gasteiger charge is -2.32. The van der Waals surface area contributed by atoms with Crippen LogP contribution in [0.2, 0.25) is 0 Å². The van der Waals surface area contributed by atoms with E-state index in [0.29, 0.717) is 23.1 Å². The van der Waals surface area contributed by atoms with E-state index in [1.165, 1.54) is 6.92 Å². The van der Waals surface area contributed by atoms with Crippen LogP contribution in [0.5, 0.6) is 5.75 Å². The summed E-state index contributed by atoms with van der Waals surface area (Å²) < 4.78 is 20.5. The molecule has 1 saturated heterocycles. The van der Waals surface area contributed by atoms with E-state index < -0.39 is 175 Å². The van der Waals surface area contributed by atoms with Gasteiger partial charge in [-0.1, -0.05) is 27.2 Å². The molecule has 13 N–H and O–H groups in total. The van der Waals surface area contributed by atoms with E-state index in [-0.39, 0.29) is 36.6 Å². The number of carbonyl (C=O) groups excluding carboxylic acids is 9. The number of Topliss-reactive ketones (excluding diaryl/α,β-unsaturated/α-hetero) is 2. The molecule has 3 aliphatic rings. The van der Waals surface area contributed by atoms with Gasteiger partial charge in [0.15, 0.2) is 11.6 Å². The van der Waals surface area contributed by atoms with Crippen LogP contribution in [0.1, 0.15) is 58.4 Å². The summed E-state index contributed by atoms with van der Waals surface area (Å²) in [5.41, 5.74) is 11.7. The number of hydrogen-bond donors (Lipinski definition) is 11. The van der Waals surface area contributed by atoms with Crippen LogP contribution in [0.15, 0.2) is 23.2 Å². The first-order valence-corrected chi connectivity index (χ1v) is 23.5. The van der Waals surface area contributed by atoms with Gasteiger partial charge >= 0.3 is 0 Å². The number of nitrogens with one attached hydrogen (secondary N) is 6. The first kappa shape index (κ1) is 52.2. The van der Waals surface area contributed by atoms with Gasteiger partial charge in [0.2, 0.25) is 41.4 Å². The highest BCUT2D eigenvalue weighted by Crippen LogP contribution is 2.33. The van der Waals surface area contributed by atoms with Crippen molar-refractivity contribution in [1.82, 2.24) is 36.5 Å². The van der Waals surface area contributed by atoms with Crippen molar-refractivity contribution in [2.45, 2.75) is 101 Å². The maximum absolute atomic E-state index is 14.8. The fraction of sp³-hybridized carbons (Fsp3) is 0.605. The molecule has 0 radical (unpaired) electrons. The van der Waals surface area contributed by atoms with Gasteiger partial charge in [-0.2, -0.15) is 0 Å². The van der Waals surface area contributed by atoms with Gasteiger partial charge in [0.25, 0.3) is 0 Å². The van der Waals surface area contributed by atoms with E-state index in [9.17, 15) is 62.7 Å². The minimum absolute atomic E-state index is 0.0551. The number of aliphatic hydroxyl groups is 3. The van der Waals surface area contributed by atoms with Crippen LogP contribution in [0.3, 0.4) is 0 Å². The molecule has 24 heteroatoms. The molecule has 3 unspecified atom stereocenters. The molecule has 1 aromatic carbocycles. The molecular formula is C43H61N9O14S. The quantitative estimate of drug-likeness (QED) is 0.108. The molecule has 2 aromatic rings. The van der Waals surface area contributed by atoms with Crippen LogP contribution < -0.4 is 42.8 Å². The van der Waals surface area contributed by atoms with E-state index in [1.54, 1.807) is 32.0 Å². The second-order valence-electron chi connectivity index (χ2n) is 17.4. The Balaban J connectivity index is 1.75. The summed E-state index contributed by atoms with van der Waals surface area (Å²) in [6, 6.07) is -1.28. The molecule has 2 bridgehead atoms. The molecule has 67 heavy (non-hydrogen) atoms. The van der Waals surface area contributed by atoms with Crippen molar-refractivity contribution in [3.63, 3.8) is 0 Å². The number of hydrogen-bond acceptors (Lipinski definition) is 15. The fourth-order valence-electron chi connectivity index (χ4n) is 8.52. The minimum Gasteiger partial charge on any atom is -0.492 e. The molecule has 0 spiro atoms. The number of nitrogens with two attached hydrogens (primary N) is 2. The molecule has 4 heterocycles. The molecular weight excluding hydrogens is 899 g/mol. The van der Waals surface area contributed by atoms with Crippen molar-refractivity contribution in [1.29, 1.82) is 0 Å². The predicted molar refractivity (Wildman–Crippen MR) is 238 cm³/mol. The summed E-state index contributed by atoms with van der Waals surface area (Å²) in [5.74, 6) is -13.2. The standard InChI is InChI=1S/C43H61N9O14S/c1-4-20(2)37-41(63)47-15-35(59)48-29-19-67(65)42-27(26-6-5-25(66-8-7-44)14-28(26)49-42)9-22(39(61)46-16-36(60)50-37)10-32(56)38(21(3)33(57)18-53)51-40(62)30-13-24(54)17-52(30)43(64)23(11-31(29)55)12-34(45)58/h5-6,14,20-24,29-30,33,37-38,49,53-54,57H,4,7-13,15-19,44H2,1-3H3,(H2,45,58)(H,46,61)(H,47,63)(H,48,59)(H,50,60)(H,51,62)/t20-,21-,22?,23-,24?,29?,30-,33-,37-,38-,67+/m0/s1. The van der Waals surface area contributed by atoms with E-state index in [2.05, 4.69) is 31.6 Å². The van der Waals surface area contributed by atoms with E-state index >= 15 is 0 Å². The van der Waals surface area contributed by atoms with Crippen LogP contribution in [-0.4, -0.2) is 164 Å². The summed E-state index contributed by atoms with van der Waals surface area (Å²) >= 11 is 0. The summed E-state index contributed by atoms with van der Waals surface area (Å²) in [7, 11) is -2.30. The zero-order valence-corrected chi connectivity index (χ0v) is 38.4. The molecule has 0 aliphatic carbocycles. The maximum Gasteiger partial charge on any atom is 0.243 e. The molecule has 11 atom stereocenters. The number of aromatic nitrogens is 1. The van der Waals surface area contributed by atoms with E-state index in [0.717, 1.165) is 4.90 Å². The monoisotopic (exact) mass is 959 g/mol. The molecule has 1 aromatic heterocycles. The number of fused-ring (bicyclic) bond motifs is 5. The number of rotatable bonds is 10. The number of ketones is 2. The molecule has 23 nitrogen and oxygen atoms in total. The highest BCUT2D eigenvalue weighted by molar-refractivity contribution is 7.85. The summed E-state index contributed by atoms with van der Waals surface area (Å²) in [4.78, 5) is 129. The molecule has 7 amide bonds. The number of nitrogens with zero attached hydrogens (tertiary/aromatic N) is 1. The van der Waals surface area contributed by atoms with Crippen molar-refractivity contribution in [2.24, 2.45) is 35.1 Å². The van der Waals surface area contributed by atoms with Gasteiger partial charge in [-0.3, -0.25) is 47.4 Å². The third-order valence-corrected chi connectivity index (χ3v) is 13.9. The van der Waals surface area contributed by atoms with Gasteiger partial charge in [0.05, 0.1) is 72.0 Å². The van der Waals surface area contributed by atoms with Gasteiger partial charge in [0.1, 0.15) is 29.5 Å². The van der Waals surface area contributed by atoms with Gasteiger partial charge in [-0.15, -0.1) is 0 Å². The maximum atomic E-state index is 14.8. The highest BCUT2D eigenvalue weighted by Gasteiger charge is 2.45. The van der Waals surface area contributed by atoms with Crippen LogP contribution >= 0.6 is 0 Å². The smallest absolute Gasteiger partial charge is 0.243 e. The van der Waals surface area contributed by atoms with Crippen molar-refractivity contribution in [3.05, 3.63) is 23.8 Å². The largest absolute Gasteiger partial charge is 0.492 e. The van der Waals surface area contributed by atoms with Crippen LogP contribution in [-0.2, 0) is 60.4 Å². The number of carbonyl (C=O) groups is 9. The van der Waals surface area contributed by atoms with Crippen LogP contribution in [0.4, 0.5) is 0 Å². The Morgan fingerprint density at radius 1 is 0.925 bits per heavy atom. The fourth-order valence-corrected chi connectivity index (χ4v) is 9.95. The number of benzene rings is 1. The second kappa shape index (κ2) is 23.3. The van der Waals surface area contributed by atoms with Gasteiger partial charge in [-0.05, 0) is 30.0 Å². The highest BCUT2D eigenvalue weighted by atomic mass is 32.2. The van der Waals surface area contributed by atoms with Crippen LogP contribution in [0, 0.1) is 23.7 Å². The summed E-state index contributed by atoms with van der Waals surface area (Å²) in [6.45, 7) is 2.37. The minimum atomic E-state index is -2.30. The lowest BCUT2D eigenvalue weighted by atomic mass is 9.85. The van der Waals surface area contributed by atoms with Gasteiger partial charge in [-0.25, -0.2) is 0 Å². The van der Waals surface area contributed by atoms with Crippen molar-refractivity contribution >= 4 is 74.6 Å². The summed E-state index contributed by atoms with van der Waals surface area (Å²) in [5, 5.41) is 44.4. The Bertz CT molecular complexity index is 2260. The Morgan fingerprint density at radius 2 is 1.61 bits per heavy atom. The number of H-pyrrole nitrogens is 1. The number of primary amides is 1. The first-order chi connectivity index (χ1) is 31.8. The zero-order chi connectivity index (χ0) is 49.3. The third-order valence-electron chi connectivity index (χ3n) is 12.5. The molecule has 3 aliphatic heterocycles. The van der Waals surface area contributed by atoms with E-state index in [4.69, 9.17) is 16.2 Å². The molecule has 5 rings (SSSR count). The Morgan fingerprint density at radius 3 is 2.27 bits per heavy atom. The SMILES string of the molecule is CC[C@H](C)[C@@H]1NC(=O)CNC(=O)C2CC(=O)[C@H]([C@@H](C)[C@@H](O)CO)NC(=O)[C@@H]3CC(O)CN3C(=O)[C@H](CC(N)=O)CC(=O)C(C[S@@](=O)c3[nH]c4cc(OCCN)ccc4c3C2)NC(=O)CNC1=O. The van der Waals surface area contributed by atoms with E-state index in [1.807, 2.05) is 0 Å². The average Bonchev–Trinajstić information content (AvgIpc) is 3.87. The normalized spacial score (nSPS) is 28.0. The Labute approximate surface area is 388 Å². The molecule has 0 saturated carbocycles.